The van der Waals surface area contributed by atoms with E-state index in [4.69, 9.17) is 19.4 Å². The number of fused-ring (bicyclic) bond motifs is 1. The lowest BCUT2D eigenvalue weighted by molar-refractivity contribution is 0.603. The van der Waals surface area contributed by atoms with Gasteiger partial charge in [0, 0.05) is 27.6 Å². The van der Waals surface area contributed by atoms with Gasteiger partial charge in [0.25, 0.3) is 0 Å². The molecule has 218 valence electrons. The van der Waals surface area contributed by atoms with Crippen molar-refractivity contribution in [3.63, 3.8) is 0 Å². The number of hydrogen-bond donors (Lipinski definition) is 0. The van der Waals surface area contributed by atoms with Gasteiger partial charge in [-0.1, -0.05) is 135 Å². The van der Waals surface area contributed by atoms with Gasteiger partial charge in [-0.05, 0) is 53.7 Å². The van der Waals surface area contributed by atoms with Crippen molar-refractivity contribution in [1.29, 1.82) is 0 Å². The van der Waals surface area contributed by atoms with E-state index in [9.17, 15) is 0 Å². The lowest BCUT2D eigenvalue weighted by Gasteiger charge is -2.14. The van der Waals surface area contributed by atoms with Crippen LogP contribution in [0.5, 0.6) is 0 Å². The Morgan fingerprint density at radius 2 is 1.40 bits per heavy atom. The van der Waals surface area contributed by atoms with E-state index in [2.05, 4.69) is 74.2 Å². The van der Waals surface area contributed by atoms with Gasteiger partial charge >= 0.3 is 0 Å². The molecule has 1 unspecified atom stereocenters. The first kappa shape index (κ1) is 28.2. The van der Waals surface area contributed by atoms with Gasteiger partial charge in [-0.2, -0.15) is 0 Å². The Hall–Kier alpha value is -5.61. The van der Waals surface area contributed by atoms with Crippen LogP contribution in [0.1, 0.15) is 42.7 Å². The molecule has 0 saturated heterocycles. The summed E-state index contributed by atoms with van der Waals surface area (Å²) in [6, 6.07) is 34.8. The molecule has 0 fully saturated rings. The van der Waals surface area contributed by atoms with Gasteiger partial charge in [0.05, 0.1) is 0 Å². The van der Waals surface area contributed by atoms with E-state index in [0.29, 0.717) is 23.4 Å². The molecule has 4 heteroatoms. The summed E-state index contributed by atoms with van der Waals surface area (Å²) >= 11 is 0. The van der Waals surface area contributed by atoms with Crippen LogP contribution in [0, 0.1) is 5.92 Å². The zero-order valence-corrected chi connectivity index (χ0v) is 25.4. The first-order valence-corrected chi connectivity index (χ1v) is 15.3. The third-order valence-corrected chi connectivity index (χ3v) is 8.19. The Morgan fingerprint density at radius 3 is 2.13 bits per heavy atom. The number of rotatable bonds is 7. The second kappa shape index (κ2) is 12.2. The van der Waals surface area contributed by atoms with Crippen molar-refractivity contribution in [2.75, 3.05) is 0 Å². The fraction of sp³-hybridized carbons (Fsp3) is 0.0976. The number of aromatic nitrogens is 3. The molecular formula is C41H33N3O. The van der Waals surface area contributed by atoms with Gasteiger partial charge < -0.3 is 4.42 Å². The predicted octanol–water partition coefficient (Wildman–Crippen LogP) is 10.7. The molecule has 0 amide bonds. The van der Waals surface area contributed by atoms with E-state index < -0.39 is 0 Å². The average molecular weight is 584 g/mol. The molecule has 0 bridgehead atoms. The standard InChI is InChI=1S/C41H33N3O/c1-4-12-37-38(35-17-10-11-18-36(35)45-37)28(3)33-15-8-9-16-34(33)41-43-39(31-13-6-5-7-14-31)42-40(44-41)32-25-23-30(24-26-32)29-21-19-27(2)20-22-29/h4-19,21-27H,3,20H2,1-2H3/b12-4-. The number of hydrogen-bond acceptors (Lipinski definition) is 4. The fourth-order valence-corrected chi connectivity index (χ4v) is 5.82. The molecule has 0 aliphatic heterocycles. The van der Waals surface area contributed by atoms with Crippen molar-refractivity contribution in [3.8, 4) is 34.2 Å². The molecule has 2 heterocycles. The van der Waals surface area contributed by atoms with E-state index in [-0.39, 0.29) is 0 Å². The summed E-state index contributed by atoms with van der Waals surface area (Å²) in [4.78, 5) is 15.0. The highest BCUT2D eigenvalue weighted by atomic mass is 16.3. The van der Waals surface area contributed by atoms with Crippen LogP contribution in [0.2, 0.25) is 0 Å². The monoisotopic (exact) mass is 583 g/mol. The van der Waals surface area contributed by atoms with Gasteiger partial charge in [-0.25, -0.2) is 15.0 Å². The maximum Gasteiger partial charge on any atom is 0.164 e. The van der Waals surface area contributed by atoms with Crippen LogP contribution >= 0.6 is 0 Å². The Bertz CT molecular complexity index is 2110. The summed E-state index contributed by atoms with van der Waals surface area (Å²) in [5, 5.41) is 1.02. The quantitative estimate of drug-likeness (QED) is 0.188. The van der Waals surface area contributed by atoms with Crippen molar-refractivity contribution in [1.82, 2.24) is 15.0 Å². The fourth-order valence-electron chi connectivity index (χ4n) is 5.82. The van der Waals surface area contributed by atoms with E-state index in [0.717, 1.165) is 56.5 Å². The largest absolute Gasteiger partial charge is 0.456 e. The van der Waals surface area contributed by atoms with Crippen LogP contribution in [-0.2, 0) is 0 Å². The van der Waals surface area contributed by atoms with Crippen molar-refractivity contribution in [3.05, 3.63) is 156 Å². The van der Waals surface area contributed by atoms with Crippen LogP contribution in [0.25, 0.3) is 62.4 Å². The Kier molecular flexibility index (Phi) is 7.62. The summed E-state index contributed by atoms with van der Waals surface area (Å²) in [6.07, 6.45) is 11.8. The van der Waals surface area contributed by atoms with E-state index >= 15 is 0 Å². The number of para-hydroxylation sites is 1. The number of benzene rings is 4. The summed E-state index contributed by atoms with van der Waals surface area (Å²) in [5.41, 5.74) is 8.74. The first-order chi connectivity index (χ1) is 22.1. The molecule has 2 aromatic heterocycles. The molecule has 0 spiro atoms. The molecule has 1 atom stereocenters. The maximum absolute atomic E-state index is 6.24. The second-order valence-corrected chi connectivity index (χ2v) is 11.3. The van der Waals surface area contributed by atoms with Gasteiger partial charge in [0.1, 0.15) is 11.3 Å². The molecule has 7 rings (SSSR count). The summed E-state index contributed by atoms with van der Waals surface area (Å²) in [6.45, 7) is 8.82. The molecule has 0 saturated carbocycles. The first-order valence-electron chi connectivity index (χ1n) is 15.3. The summed E-state index contributed by atoms with van der Waals surface area (Å²) in [5.74, 6) is 3.18. The predicted molar refractivity (Wildman–Crippen MR) is 186 cm³/mol. The molecule has 0 N–H and O–H groups in total. The topological polar surface area (TPSA) is 51.8 Å². The highest BCUT2D eigenvalue weighted by molar-refractivity contribution is 6.00. The Labute approximate surface area is 263 Å². The number of furan rings is 1. The van der Waals surface area contributed by atoms with Crippen LogP contribution in [0.4, 0.5) is 0 Å². The van der Waals surface area contributed by atoms with Gasteiger partial charge in [-0.3, -0.25) is 0 Å². The minimum Gasteiger partial charge on any atom is -0.456 e. The maximum atomic E-state index is 6.24. The lowest BCUT2D eigenvalue weighted by atomic mass is 9.92. The normalized spacial score (nSPS) is 14.6. The van der Waals surface area contributed by atoms with Crippen LogP contribution in [0.3, 0.4) is 0 Å². The molecule has 1 aliphatic carbocycles. The number of nitrogens with zero attached hydrogens (tertiary/aromatic N) is 3. The smallest absolute Gasteiger partial charge is 0.164 e. The lowest BCUT2D eigenvalue weighted by Crippen LogP contribution is -2.02. The molecule has 45 heavy (non-hydrogen) atoms. The SMILES string of the molecule is C=C(c1ccccc1-c1nc(-c2ccccc2)nc(-c2ccc(C3=CCC(C)C=C3)cc2)n1)c1c(/C=C\C)oc2ccccc12. The Morgan fingerprint density at radius 1 is 0.756 bits per heavy atom. The van der Waals surface area contributed by atoms with Crippen molar-refractivity contribution < 1.29 is 4.42 Å². The van der Waals surface area contributed by atoms with E-state index in [1.807, 2.05) is 79.7 Å². The van der Waals surface area contributed by atoms with Gasteiger partial charge in [0.15, 0.2) is 17.5 Å². The van der Waals surface area contributed by atoms with Crippen molar-refractivity contribution in [2.45, 2.75) is 20.3 Å². The average Bonchev–Trinajstić information content (AvgIpc) is 3.46. The van der Waals surface area contributed by atoms with Crippen LogP contribution < -0.4 is 0 Å². The molecule has 1 aliphatic rings. The molecule has 4 aromatic carbocycles. The van der Waals surface area contributed by atoms with Crippen LogP contribution in [-0.4, -0.2) is 15.0 Å². The van der Waals surface area contributed by atoms with Crippen molar-refractivity contribution in [2.24, 2.45) is 5.92 Å². The van der Waals surface area contributed by atoms with Crippen molar-refractivity contribution >= 4 is 28.2 Å². The number of allylic oxidation sites excluding steroid dienone is 5. The van der Waals surface area contributed by atoms with E-state index in [1.54, 1.807) is 0 Å². The highest BCUT2D eigenvalue weighted by Crippen LogP contribution is 2.38. The third-order valence-electron chi connectivity index (χ3n) is 8.19. The minimum atomic E-state index is 0.578. The van der Waals surface area contributed by atoms with Crippen LogP contribution in [0.15, 0.2) is 138 Å². The zero-order chi connectivity index (χ0) is 30.8. The molecule has 6 aromatic rings. The third kappa shape index (κ3) is 5.59. The van der Waals surface area contributed by atoms with E-state index in [1.165, 1.54) is 11.1 Å². The van der Waals surface area contributed by atoms with Gasteiger partial charge in [0.2, 0.25) is 0 Å². The molecular weight excluding hydrogens is 550 g/mol. The molecule has 4 nitrogen and oxygen atoms in total. The zero-order valence-electron chi connectivity index (χ0n) is 25.4. The summed E-state index contributed by atoms with van der Waals surface area (Å²) in [7, 11) is 0. The minimum absolute atomic E-state index is 0.578. The van der Waals surface area contributed by atoms with Gasteiger partial charge in [-0.15, -0.1) is 0 Å². The second-order valence-electron chi connectivity index (χ2n) is 11.3. The Balaban J connectivity index is 1.35. The molecule has 0 radical (unpaired) electrons. The summed E-state index contributed by atoms with van der Waals surface area (Å²) < 4.78 is 6.24. The highest BCUT2D eigenvalue weighted by Gasteiger charge is 2.21.